The van der Waals surface area contributed by atoms with Crippen LogP contribution in [0.1, 0.15) is 37.3 Å². The molecule has 0 aromatic heterocycles. The minimum absolute atomic E-state index is 0.0574. The zero-order valence-electron chi connectivity index (χ0n) is 19.4. The van der Waals surface area contributed by atoms with Gasteiger partial charge >= 0.3 is 0 Å². The molecule has 34 heavy (non-hydrogen) atoms. The molecule has 1 atom stereocenters. The standard InChI is InChI=1S/C27H27ClN2O3S/c1-27(2,3)19-6-12-22(13-7-19)30-25(32)17-34-26(30)18-4-10-21(11-5-18)29-24(31)16-33-23-14-8-20(28)9-15-23/h4-15,26H,16-17H2,1-3H3,(H,29,31)/t26-/m1/s1. The molecular formula is C27H27ClN2O3S. The quantitative estimate of drug-likeness (QED) is 0.428. The Morgan fingerprint density at radius 1 is 1.03 bits per heavy atom. The van der Waals surface area contributed by atoms with Crippen LogP contribution < -0.4 is 15.0 Å². The molecule has 1 fully saturated rings. The average molecular weight is 495 g/mol. The molecule has 0 aliphatic carbocycles. The minimum atomic E-state index is -0.256. The Labute approximate surface area is 209 Å². The smallest absolute Gasteiger partial charge is 0.262 e. The Kier molecular flexibility index (Phi) is 7.19. The number of benzene rings is 3. The van der Waals surface area contributed by atoms with E-state index >= 15 is 0 Å². The fourth-order valence-electron chi connectivity index (χ4n) is 3.68. The van der Waals surface area contributed by atoms with E-state index < -0.39 is 0 Å². The predicted octanol–water partition coefficient (Wildman–Crippen LogP) is 6.43. The third-order valence-corrected chi connectivity index (χ3v) is 7.01. The molecule has 2 amide bonds. The van der Waals surface area contributed by atoms with Gasteiger partial charge in [0.25, 0.3) is 5.91 Å². The monoisotopic (exact) mass is 494 g/mol. The molecular weight excluding hydrogens is 468 g/mol. The fourth-order valence-corrected chi connectivity index (χ4v) is 4.98. The Bertz CT molecular complexity index is 1160. The number of amides is 2. The van der Waals surface area contributed by atoms with E-state index in [-0.39, 0.29) is 29.2 Å². The Morgan fingerprint density at radius 2 is 1.68 bits per heavy atom. The van der Waals surface area contributed by atoms with Crippen molar-refractivity contribution in [2.45, 2.75) is 31.6 Å². The lowest BCUT2D eigenvalue weighted by atomic mass is 9.87. The normalized spacial score (nSPS) is 15.9. The highest BCUT2D eigenvalue weighted by molar-refractivity contribution is 8.00. The van der Waals surface area contributed by atoms with Gasteiger partial charge < -0.3 is 10.1 Å². The van der Waals surface area contributed by atoms with Crippen molar-refractivity contribution < 1.29 is 14.3 Å². The van der Waals surface area contributed by atoms with Gasteiger partial charge in [0, 0.05) is 16.4 Å². The van der Waals surface area contributed by atoms with Gasteiger partial charge in [0.2, 0.25) is 5.91 Å². The number of nitrogens with zero attached hydrogens (tertiary/aromatic N) is 1. The SMILES string of the molecule is CC(C)(C)c1ccc(N2C(=O)CS[C@@H]2c2ccc(NC(=O)COc3ccc(Cl)cc3)cc2)cc1. The van der Waals surface area contributed by atoms with Crippen LogP contribution in [-0.4, -0.2) is 24.2 Å². The van der Waals surface area contributed by atoms with E-state index in [1.165, 1.54) is 5.56 Å². The van der Waals surface area contributed by atoms with Crippen molar-refractivity contribution in [2.24, 2.45) is 0 Å². The molecule has 0 saturated carbocycles. The van der Waals surface area contributed by atoms with Crippen molar-refractivity contribution in [1.82, 2.24) is 0 Å². The number of hydrogen-bond donors (Lipinski definition) is 1. The molecule has 0 radical (unpaired) electrons. The van der Waals surface area contributed by atoms with Crippen LogP contribution in [0.3, 0.4) is 0 Å². The largest absolute Gasteiger partial charge is 0.484 e. The van der Waals surface area contributed by atoms with Gasteiger partial charge in [-0.2, -0.15) is 0 Å². The molecule has 1 heterocycles. The van der Waals surface area contributed by atoms with Crippen molar-refractivity contribution in [3.05, 3.63) is 88.9 Å². The van der Waals surface area contributed by atoms with Crippen molar-refractivity contribution in [3.8, 4) is 5.75 Å². The van der Waals surface area contributed by atoms with Gasteiger partial charge in [-0.15, -0.1) is 11.8 Å². The maximum Gasteiger partial charge on any atom is 0.262 e. The molecule has 4 rings (SSSR count). The van der Waals surface area contributed by atoms with Crippen LogP contribution in [0.25, 0.3) is 0 Å². The molecule has 1 aliphatic rings. The predicted molar refractivity (Wildman–Crippen MR) is 140 cm³/mol. The number of carbonyl (C=O) groups is 2. The van der Waals surface area contributed by atoms with Crippen LogP contribution >= 0.6 is 23.4 Å². The van der Waals surface area contributed by atoms with Crippen LogP contribution in [0.2, 0.25) is 5.02 Å². The van der Waals surface area contributed by atoms with Crippen LogP contribution in [0.15, 0.2) is 72.8 Å². The first-order valence-corrected chi connectivity index (χ1v) is 12.5. The Balaban J connectivity index is 1.40. The second-order valence-electron chi connectivity index (χ2n) is 9.14. The van der Waals surface area contributed by atoms with Gasteiger partial charge in [-0.25, -0.2) is 0 Å². The van der Waals surface area contributed by atoms with Crippen LogP contribution in [0.4, 0.5) is 11.4 Å². The highest BCUT2D eigenvalue weighted by Crippen LogP contribution is 2.42. The summed E-state index contributed by atoms with van der Waals surface area (Å²) in [5.41, 5.74) is 3.86. The maximum atomic E-state index is 12.7. The average Bonchev–Trinajstić information content (AvgIpc) is 3.20. The lowest BCUT2D eigenvalue weighted by Crippen LogP contribution is -2.28. The van der Waals surface area contributed by atoms with Crippen molar-refractivity contribution in [2.75, 3.05) is 22.6 Å². The summed E-state index contributed by atoms with van der Waals surface area (Å²) >= 11 is 7.46. The Morgan fingerprint density at radius 3 is 2.29 bits per heavy atom. The third kappa shape index (κ3) is 5.75. The number of halogens is 1. The second kappa shape index (κ2) is 10.1. The number of ether oxygens (including phenoxy) is 1. The zero-order chi connectivity index (χ0) is 24.3. The van der Waals surface area contributed by atoms with Gasteiger partial charge in [0.15, 0.2) is 6.61 Å². The summed E-state index contributed by atoms with van der Waals surface area (Å²) in [6.07, 6.45) is 0. The van der Waals surface area contributed by atoms with Crippen LogP contribution in [0, 0.1) is 0 Å². The van der Waals surface area contributed by atoms with Gasteiger partial charge in [-0.1, -0.05) is 56.6 Å². The molecule has 0 bridgehead atoms. The van der Waals surface area contributed by atoms with Gasteiger partial charge in [0.1, 0.15) is 11.1 Å². The summed E-state index contributed by atoms with van der Waals surface area (Å²) in [5, 5.41) is 3.34. The van der Waals surface area contributed by atoms with Crippen LogP contribution in [-0.2, 0) is 15.0 Å². The molecule has 176 valence electrons. The first kappa shape index (κ1) is 24.2. The second-order valence-corrected chi connectivity index (χ2v) is 10.6. The summed E-state index contributed by atoms with van der Waals surface area (Å²) in [5.74, 6) is 0.851. The van der Waals surface area contributed by atoms with Crippen LogP contribution in [0.5, 0.6) is 5.75 Å². The number of hydrogen-bond acceptors (Lipinski definition) is 4. The zero-order valence-corrected chi connectivity index (χ0v) is 21.0. The molecule has 0 unspecified atom stereocenters. The number of anilines is 2. The van der Waals surface area contributed by atoms with Crippen molar-refractivity contribution >= 4 is 46.6 Å². The van der Waals surface area contributed by atoms with E-state index in [9.17, 15) is 9.59 Å². The molecule has 1 saturated heterocycles. The highest BCUT2D eigenvalue weighted by atomic mass is 35.5. The first-order chi connectivity index (χ1) is 16.2. The van der Waals surface area contributed by atoms with E-state index in [2.05, 4.69) is 38.2 Å². The number of carbonyl (C=O) groups excluding carboxylic acids is 2. The van der Waals surface area contributed by atoms with E-state index in [4.69, 9.17) is 16.3 Å². The maximum absolute atomic E-state index is 12.7. The lowest BCUT2D eigenvalue weighted by Gasteiger charge is -2.26. The summed E-state index contributed by atoms with van der Waals surface area (Å²) in [4.78, 5) is 26.8. The summed E-state index contributed by atoms with van der Waals surface area (Å²) < 4.78 is 5.49. The van der Waals surface area contributed by atoms with Gasteiger partial charge in [-0.3, -0.25) is 14.5 Å². The van der Waals surface area contributed by atoms with Crippen molar-refractivity contribution in [1.29, 1.82) is 0 Å². The number of nitrogens with one attached hydrogen (secondary N) is 1. The number of thioether (sulfide) groups is 1. The van der Waals surface area contributed by atoms with E-state index in [1.807, 2.05) is 41.3 Å². The molecule has 3 aromatic rings. The minimum Gasteiger partial charge on any atom is -0.484 e. The molecule has 0 spiro atoms. The number of rotatable bonds is 6. The van der Waals surface area contributed by atoms with Crippen molar-refractivity contribution in [3.63, 3.8) is 0 Å². The molecule has 1 aliphatic heterocycles. The first-order valence-electron chi connectivity index (χ1n) is 11.0. The van der Waals surface area contributed by atoms with Gasteiger partial charge in [-0.05, 0) is 65.1 Å². The van der Waals surface area contributed by atoms with E-state index in [1.54, 1.807) is 36.0 Å². The summed E-state index contributed by atoms with van der Waals surface area (Å²) in [6, 6.07) is 22.7. The third-order valence-electron chi connectivity index (χ3n) is 5.54. The topological polar surface area (TPSA) is 58.6 Å². The van der Waals surface area contributed by atoms with E-state index in [0.717, 1.165) is 11.3 Å². The summed E-state index contributed by atoms with van der Waals surface area (Å²) in [6.45, 7) is 6.41. The molecule has 5 nitrogen and oxygen atoms in total. The van der Waals surface area contributed by atoms with Gasteiger partial charge in [0.05, 0.1) is 5.75 Å². The Hall–Kier alpha value is -2.96. The summed E-state index contributed by atoms with van der Waals surface area (Å²) in [7, 11) is 0. The molecule has 3 aromatic carbocycles. The lowest BCUT2D eigenvalue weighted by molar-refractivity contribution is -0.118. The molecule has 1 N–H and O–H groups in total. The van der Waals surface area contributed by atoms with E-state index in [0.29, 0.717) is 22.2 Å². The fraction of sp³-hybridized carbons (Fsp3) is 0.259. The highest BCUT2D eigenvalue weighted by Gasteiger charge is 2.34. The molecule has 7 heteroatoms.